The van der Waals surface area contributed by atoms with E-state index in [0.717, 1.165) is 26.2 Å². The molecular weight excluding hydrogens is 180 g/mol. The second kappa shape index (κ2) is 5.29. The molecule has 82 valence electrons. The summed E-state index contributed by atoms with van der Waals surface area (Å²) in [6, 6.07) is 0.126. The number of likely N-dealkylation sites (N-methyl/N-ethyl adjacent to an activating group) is 1. The molecule has 1 amide bonds. The van der Waals surface area contributed by atoms with Crippen LogP contribution in [-0.4, -0.2) is 61.5 Å². The Morgan fingerprint density at radius 2 is 1.93 bits per heavy atom. The first kappa shape index (κ1) is 11.4. The van der Waals surface area contributed by atoms with Gasteiger partial charge in [0.2, 0.25) is 5.91 Å². The highest BCUT2D eigenvalue weighted by molar-refractivity contribution is 5.74. The zero-order valence-corrected chi connectivity index (χ0v) is 8.78. The van der Waals surface area contributed by atoms with E-state index in [-0.39, 0.29) is 11.9 Å². The fourth-order valence-electron chi connectivity index (χ4n) is 1.78. The van der Waals surface area contributed by atoms with Gasteiger partial charge in [-0.2, -0.15) is 0 Å². The second-order valence-electron chi connectivity index (χ2n) is 3.90. The van der Waals surface area contributed by atoms with Gasteiger partial charge in [-0.25, -0.2) is 0 Å². The van der Waals surface area contributed by atoms with Gasteiger partial charge in [0.25, 0.3) is 0 Å². The van der Waals surface area contributed by atoms with Gasteiger partial charge < -0.3 is 16.4 Å². The average Bonchev–Trinajstić information content (AvgIpc) is 2.15. The topological polar surface area (TPSA) is 75.6 Å². The van der Waals surface area contributed by atoms with E-state index in [1.807, 2.05) is 0 Å². The molecule has 1 aliphatic heterocycles. The molecule has 1 rings (SSSR count). The molecule has 0 aromatic heterocycles. The number of amides is 1. The SMILES string of the molecule is CN1CCN(C(CN)CC(N)=O)CC1. The van der Waals surface area contributed by atoms with Crippen LogP contribution >= 0.6 is 0 Å². The molecule has 1 aliphatic rings. The predicted molar refractivity (Wildman–Crippen MR) is 55.7 cm³/mol. The molecule has 0 spiro atoms. The molecule has 1 heterocycles. The highest BCUT2D eigenvalue weighted by Gasteiger charge is 2.22. The van der Waals surface area contributed by atoms with Crippen LogP contribution in [-0.2, 0) is 4.79 Å². The largest absolute Gasteiger partial charge is 0.370 e. The van der Waals surface area contributed by atoms with Gasteiger partial charge in [0, 0.05) is 45.2 Å². The van der Waals surface area contributed by atoms with Crippen molar-refractivity contribution < 1.29 is 4.79 Å². The van der Waals surface area contributed by atoms with E-state index in [1.165, 1.54) is 0 Å². The molecule has 1 fully saturated rings. The van der Waals surface area contributed by atoms with Crippen molar-refractivity contribution in [2.24, 2.45) is 11.5 Å². The first-order valence-electron chi connectivity index (χ1n) is 5.04. The zero-order chi connectivity index (χ0) is 10.6. The summed E-state index contributed by atoms with van der Waals surface area (Å²) in [5.41, 5.74) is 10.8. The van der Waals surface area contributed by atoms with E-state index in [4.69, 9.17) is 11.5 Å². The molecule has 4 N–H and O–H groups in total. The lowest BCUT2D eigenvalue weighted by Crippen LogP contribution is -2.52. The van der Waals surface area contributed by atoms with Crippen LogP contribution in [0, 0.1) is 0 Å². The van der Waals surface area contributed by atoms with E-state index >= 15 is 0 Å². The number of carbonyl (C=O) groups excluding carboxylic acids is 1. The highest BCUT2D eigenvalue weighted by Crippen LogP contribution is 2.07. The minimum atomic E-state index is -0.264. The number of nitrogens with zero attached hydrogens (tertiary/aromatic N) is 2. The molecule has 14 heavy (non-hydrogen) atoms. The zero-order valence-electron chi connectivity index (χ0n) is 8.78. The van der Waals surface area contributed by atoms with Gasteiger partial charge in [-0.1, -0.05) is 0 Å². The Labute approximate surface area is 85.0 Å². The summed E-state index contributed by atoms with van der Waals surface area (Å²) >= 11 is 0. The maximum atomic E-state index is 10.8. The van der Waals surface area contributed by atoms with Crippen molar-refractivity contribution in [1.82, 2.24) is 9.80 Å². The number of primary amides is 1. The number of hydrogen-bond donors (Lipinski definition) is 2. The molecule has 1 saturated heterocycles. The number of piperazine rings is 1. The summed E-state index contributed by atoms with van der Waals surface area (Å²) in [7, 11) is 2.10. The molecule has 5 heteroatoms. The third-order valence-corrected chi connectivity index (χ3v) is 2.76. The minimum Gasteiger partial charge on any atom is -0.370 e. The average molecular weight is 200 g/mol. The molecule has 0 saturated carbocycles. The third-order valence-electron chi connectivity index (χ3n) is 2.76. The van der Waals surface area contributed by atoms with Crippen LogP contribution in [0.25, 0.3) is 0 Å². The summed E-state index contributed by atoms with van der Waals surface area (Å²) < 4.78 is 0. The molecular formula is C9H20N4O. The third kappa shape index (κ3) is 3.25. The van der Waals surface area contributed by atoms with Gasteiger partial charge in [0.1, 0.15) is 0 Å². The monoisotopic (exact) mass is 200 g/mol. The quantitative estimate of drug-likeness (QED) is 0.575. The maximum Gasteiger partial charge on any atom is 0.219 e. The van der Waals surface area contributed by atoms with Gasteiger partial charge in [0.05, 0.1) is 0 Å². The number of rotatable bonds is 4. The lowest BCUT2D eigenvalue weighted by Gasteiger charge is -2.37. The summed E-state index contributed by atoms with van der Waals surface area (Å²) in [5, 5.41) is 0. The van der Waals surface area contributed by atoms with Gasteiger partial charge in [-0.3, -0.25) is 9.69 Å². The van der Waals surface area contributed by atoms with E-state index in [0.29, 0.717) is 13.0 Å². The maximum absolute atomic E-state index is 10.8. The van der Waals surface area contributed by atoms with E-state index in [1.54, 1.807) is 0 Å². The van der Waals surface area contributed by atoms with Crippen LogP contribution in [0.1, 0.15) is 6.42 Å². The number of carbonyl (C=O) groups is 1. The normalized spacial score (nSPS) is 22.1. The summed E-state index contributed by atoms with van der Waals surface area (Å²) in [4.78, 5) is 15.3. The van der Waals surface area contributed by atoms with Crippen molar-refractivity contribution in [2.75, 3.05) is 39.8 Å². The van der Waals surface area contributed by atoms with E-state index < -0.39 is 0 Å². The molecule has 5 nitrogen and oxygen atoms in total. The van der Waals surface area contributed by atoms with Gasteiger partial charge in [-0.05, 0) is 7.05 Å². The highest BCUT2D eigenvalue weighted by atomic mass is 16.1. The van der Waals surface area contributed by atoms with Gasteiger partial charge >= 0.3 is 0 Å². The van der Waals surface area contributed by atoms with Crippen LogP contribution in [0.15, 0.2) is 0 Å². The van der Waals surface area contributed by atoms with Crippen molar-refractivity contribution in [3.8, 4) is 0 Å². The first-order chi connectivity index (χ1) is 6.63. The van der Waals surface area contributed by atoms with Crippen LogP contribution < -0.4 is 11.5 Å². The van der Waals surface area contributed by atoms with Crippen molar-refractivity contribution in [3.05, 3.63) is 0 Å². The molecule has 1 atom stereocenters. The standard InChI is InChI=1S/C9H20N4O/c1-12-2-4-13(5-3-12)8(7-10)6-9(11)14/h8H,2-7,10H2,1H3,(H2,11,14). The minimum absolute atomic E-state index is 0.126. The lowest BCUT2D eigenvalue weighted by atomic mass is 10.1. The predicted octanol–water partition coefficient (Wildman–Crippen LogP) is -1.56. The van der Waals surface area contributed by atoms with Crippen molar-refractivity contribution in [3.63, 3.8) is 0 Å². The Hall–Kier alpha value is -0.650. The second-order valence-corrected chi connectivity index (χ2v) is 3.90. The van der Waals surface area contributed by atoms with Crippen LogP contribution in [0.5, 0.6) is 0 Å². The van der Waals surface area contributed by atoms with E-state index in [2.05, 4.69) is 16.8 Å². The molecule has 1 unspecified atom stereocenters. The van der Waals surface area contributed by atoms with Crippen molar-refractivity contribution in [1.29, 1.82) is 0 Å². The summed E-state index contributed by atoms with van der Waals surface area (Å²) in [6.45, 7) is 4.54. The van der Waals surface area contributed by atoms with Crippen LogP contribution in [0.2, 0.25) is 0 Å². The van der Waals surface area contributed by atoms with Crippen LogP contribution in [0.3, 0.4) is 0 Å². The van der Waals surface area contributed by atoms with Gasteiger partial charge in [-0.15, -0.1) is 0 Å². The number of hydrogen-bond acceptors (Lipinski definition) is 4. The van der Waals surface area contributed by atoms with Gasteiger partial charge in [0.15, 0.2) is 0 Å². The molecule has 0 bridgehead atoms. The van der Waals surface area contributed by atoms with E-state index in [9.17, 15) is 4.79 Å². The fourth-order valence-corrected chi connectivity index (χ4v) is 1.78. The number of nitrogens with two attached hydrogens (primary N) is 2. The van der Waals surface area contributed by atoms with Crippen molar-refractivity contribution >= 4 is 5.91 Å². The Kier molecular flexibility index (Phi) is 4.31. The molecule has 0 aromatic rings. The Bertz CT molecular complexity index is 189. The van der Waals surface area contributed by atoms with Crippen LogP contribution in [0.4, 0.5) is 0 Å². The molecule has 0 radical (unpaired) electrons. The fraction of sp³-hybridized carbons (Fsp3) is 0.889. The smallest absolute Gasteiger partial charge is 0.219 e. The molecule has 0 aromatic carbocycles. The Morgan fingerprint density at radius 1 is 1.36 bits per heavy atom. The first-order valence-corrected chi connectivity index (χ1v) is 5.04. The van der Waals surface area contributed by atoms with Crippen molar-refractivity contribution in [2.45, 2.75) is 12.5 Å². The lowest BCUT2D eigenvalue weighted by molar-refractivity contribution is -0.119. The summed E-state index contributed by atoms with van der Waals surface area (Å²) in [6.07, 6.45) is 0.375. The summed E-state index contributed by atoms with van der Waals surface area (Å²) in [5.74, 6) is -0.264. The molecule has 0 aliphatic carbocycles. The Morgan fingerprint density at radius 3 is 2.36 bits per heavy atom. The Balaban J connectivity index is 2.40.